The second-order valence-electron chi connectivity index (χ2n) is 10.2. The summed E-state index contributed by atoms with van der Waals surface area (Å²) in [5.74, 6) is 1.83. The van der Waals surface area contributed by atoms with Gasteiger partial charge < -0.3 is 9.31 Å². The highest BCUT2D eigenvalue weighted by atomic mass is 16.7. The molecular formula is C29H27BN4O2. The van der Waals surface area contributed by atoms with E-state index in [1.54, 1.807) is 0 Å². The predicted molar refractivity (Wildman–Crippen MR) is 143 cm³/mol. The highest BCUT2D eigenvalue weighted by Gasteiger charge is 2.51. The lowest BCUT2D eigenvalue weighted by Gasteiger charge is -2.32. The zero-order valence-electron chi connectivity index (χ0n) is 20.8. The maximum absolute atomic E-state index is 6.26. The zero-order chi connectivity index (χ0) is 24.9. The van der Waals surface area contributed by atoms with Gasteiger partial charge in [-0.1, -0.05) is 78.9 Å². The Labute approximate surface area is 211 Å². The lowest BCUT2D eigenvalue weighted by molar-refractivity contribution is 0.00578. The van der Waals surface area contributed by atoms with Crippen molar-refractivity contribution in [1.29, 1.82) is 0 Å². The molecule has 7 heteroatoms. The number of hydrogen-bond acceptors (Lipinski definition) is 5. The van der Waals surface area contributed by atoms with Crippen molar-refractivity contribution in [2.45, 2.75) is 38.9 Å². The summed E-state index contributed by atoms with van der Waals surface area (Å²) in [4.78, 5) is 14.4. The van der Waals surface area contributed by atoms with Gasteiger partial charge in [0.2, 0.25) is 5.95 Å². The van der Waals surface area contributed by atoms with Crippen LogP contribution in [0.3, 0.4) is 0 Å². The van der Waals surface area contributed by atoms with Crippen LogP contribution in [0.2, 0.25) is 0 Å². The summed E-state index contributed by atoms with van der Waals surface area (Å²) in [6.45, 7) is 8.27. The van der Waals surface area contributed by atoms with Gasteiger partial charge in [-0.25, -0.2) is 4.98 Å². The summed E-state index contributed by atoms with van der Waals surface area (Å²) in [5, 5.41) is 2.14. The van der Waals surface area contributed by atoms with Gasteiger partial charge in [-0.2, -0.15) is 9.97 Å². The van der Waals surface area contributed by atoms with Gasteiger partial charge >= 0.3 is 7.12 Å². The molecule has 6 rings (SSSR count). The standard InChI is InChI=1S/C29H27BN4O2/c1-28(2)29(3,4)36-30(35-28)24-16-15-22-18-34(19-23(22)17-24)27-32-25(20-11-7-5-8-12-20)31-26(33-27)21-13-9-6-10-14-21/h5-19H,1-4H3. The van der Waals surface area contributed by atoms with Gasteiger partial charge in [0.15, 0.2) is 11.6 Å². The van der Waals surface area contributed by atoms with E-state index in [0.29, 0.717) is 17.6 Å². The van der Waals surface area contributed by atoms with Crippen LogP contribution < -0.4 is 5.46 Å². The summed E-state index contributed by atoms with van der Waals surface area (Å²) >= 11 is 0. The molecule has 1 fully saturated rings. The minimum absolute atomic E-state index is 0.384. The summed E-state index contributed by atoms with van der Waals surface area (Å²) in [6.07, 6.45) is 4.09. The first-order valence-electron chi connectivity index (χ1n) is 12.1. The van der Waals surface area contributed by atoms with Crippen molar-refractivity contribution >= 4 is 23.4 Å². The van der Waals surface area contributed by atoms with Crippen LogP contribution in [0.5, 0.6) is 0 Å². The third-order valence-electron chi connectivity index (χ3n) is 7.11. The SMILES string of the molecule is CC1(C)OB(c2ccc3cn(-c4nc(-c5ccccc5)nc(-c5ccccc5)n4)cc3c2)OC1(C)C. The van der Waals surface area contributed by atoms with Gasteiger partial charge in [0.25, 0.3) is 0 Å². The Bertz CT molecular complexity index is 1470. The van der Waals surface area contributed by atoms with E-state index < -0.39 is 7.12 Å². The molecule has 36 heavy (non-hydrogen) atoms. The molecule has 3 heterocycles. The molecule has 0 atom stereocenters. The Hall–Kier alpha value is -3.81. The molecule has 0 saturated carbocycles. The van der Waals surface area contributed by atoms with Crippen LogP contribution in [-0.2, 0) is 9.31 Å². The van der Waals surface area contributed by atoms with Gasteiger partial charge in [0.1, 0.15) is 0 Å². The van der Waals surface area contributed by atoms with Crippen molar-refractivity contribution in [2.24, 2.45) is 0 Å². The largest absolute Gasteiger partial charge is 0.494 e. The van der Waals surface area contributed by atoms with E-state index in [0.717, 1.165) is 27.4 Å². The van der Waals surface area contributed by atoms with Crippen LogP contribution in [0.15, 0.2) is 91.3 Å². The highest BCUT2D eigenvalue weighted by Crippen LogP contribution is 2.36. The van der Waals surface area contributed by atoms with Crippen LogP contribution in [0.1, 0.15) is 27.7 Å². The summed E-state index contributed by atoms with van der Waals surface area (Å²) in [6, 6.07) is 26.2. The van der Waals surface area contributed by atoms with Crippen LogP contribution in [-0.4, -0.2) is 37.8 Å². The molecule has 3 aromatic carbocycles. The van der Waals surface area contributed by atoms with Gasteiger partial charge in [0.05, 0.1) is 11.2 Å². The van der Waals surface area contributed by atoms with E-state index in [-0.39, 0.29) is 11.2 Å². The first-order chi connectivity index (χ1) is 17.3. The van der Waals surface area contributed by atoms with Gasteiger partial charge in [-0.3, -0.25) is 4.57 Å². The Morgan fingerprint density at radius 2 is 1.17 bits per heavy atom. The zero-order valence-corrected chi connectivity index (χ0v) is 20.8. The second-order valence-corrected chi connectivity index (χ2v) is 10.2. The molecular weight excluding hydrogens is 447 g/mol. The molecule has 0 unspecified atom stereocenters. The van der Waals surface area contributed by atoms with Gasteiger partial charge in [0, 0.05) is 23.5 Å². The number of aromatic nitrogens is 4. The van der Waals surface area contributed by atoms with Gasteiger partial charge in [-0.05, 0) is 43.9 Å². The molecule has 2 aromatic heterocycles. The minimum atomic E-state index is -0.408. The Morgan fingerprint density at radius 3 is 1.72 bits per heavy atom. The van der Waals surface area contributed by atoms with Crippen molar-refractivity contribution in [3.8, 4) is 28.7 Å². The van der Waals surface area contributed by atoms with E-state index in [9.17, 15) is 0 Å². The fraction of sp³-hybridized carbons (Fsp3) is 0.207. The molecule has 1 saturated heterocycles. The first kappa shape index (κ1) is 22.6. The third-order valence-corrected chi connectivity index (χ3v) is 7.11. The maximum atomic E-state index is 6.26. The summed E-state index contributed by atoms with van der Waals surface area (Å²) in [5.41, 5.74) is 2.11. The Balaban J connectivity index is 1.42. The van der Waals surface area contributed by atoms with Crippen LogP contribution in [0.4, 0.5) is 0 Å². The molecule has 0 amide bonds. The Kier molecular flexibility index (Phi) is 5.28. The van der Waals surface area contributed by atoms with Crippen molar-refractivity contribution in [1.82, 2.24) is 19.5 Å². The quantitative estimate of drug-likeness (QED) is 0.324. The van der Waals surface area contributed by atoms with Crippen molar-refractivity contribution in [3.05, 3.63) is 91.3 Å². The molecule has 0 N–H and O–H groups in total. The van der Waals surface area contributed by atoms with E-state index in [4.69, 9.17) is 24.3 Å². The number of nitrogens with zero attached hydrogens (tertiary/aromatic N) is 4. The lowest BCUT2D eigenvalue weighted by Crippen LogP contribution is -2.41. The maximum Gasteiger partial charge on any atom is 0.494 e. The first-order valence-corrected chi connectivity index (χ1v) is 12.1. The molecule has 1 aliphatic heterocycles. The van der Waals surface area contributed by atoms with Crippen molar-refractivity contribution in [2.75, 3.05) is 0 Å². The second kappa shape index (κ2) is 8.40. The summed E-state index contributed by atoms with van der Waals surface area (Å²) < 4.78 is 14.5. The number of fused-ring (bicyclic) bond motifs is 1. The van der Waals surface area contributed by atoms with Gasteiger partial charge in [-0.15, -0.1) is 0 Å². The normalized spacial score (nSPS) is 16.5. The minimum Gasteiger partial charge on any atom is -0.399 e. The van der Waals surface area contributed by atoms with Crippen molar-refractivity contribution < 1.29 is 9.31 Å². The Morgan fingerprint density at radius 1 is 0.639 bits per heavy atom. The number of benzene rings is 3. The fourth-order valence-electron chi connectivity index (χ4n) is 4.31. The lowest BCUT2D eigenvalue weighted by atomic mass is 9.78. The number of rotatable bonds is 4. The average Bonchev–Trinajstić information content (AvgIpc) is 3.41. The number of hydrogen-bond donors (Lipinski definition) is 0. The van der Waals surface area contributed by atoms with E-state index in [1.165, 1.54) is 0 Å². The predicted octanol–water partition coefficient (Wildman–Crippen LogP) is 5.45. The van der Waals surface area contributed by atoms with E-state index in [2.05, 4.69) is 45.9 Å². The molecule has 5 aromatic rings. The highest BCUT2D eigenvalue weighted by molar-refractivity contribution is 6.62. The monoisotopic (exact) mass is 474 g/mol. The molecule has 6 nitrogen and oxygen atoms in total. The molecule has 178 valence electrons. The van der Waals surface area contributed by atoms with E-state index in [1.807, 2.05) is 77.6 Å². The van der Waals surface area contributed by atoms with Crippen LogP contribution in [0, 0.1) is 0 Å². The topological polar surface area (TPSA) is 62.1 Å². The smallest absolute Gasteiger partial charge is 0.399 e. The molecule has 1 aliphatic rings. The summed E-state index contributed by atoms with van der Waals surface area (Å²) in [7, 11) is -0.408. The van der Waals surface area contributed by atoms with Crippen LogP contribution >= 0.6 is 0 Å². The fourth-order valence-corrected chi connectivity index (χ4v) is 4.31. The average molecular weight is 474 g/mol. The van der Waals surface area contributed by atoms with Crippen molar-refractivity contribution in [3.63, 3.8) is 0 Å². The molecule has 0 aliphatic carbocycles. The molecule has 0 radical (unpaired) electrons. The third kappa shape index (κ3) is 4.00. The van der Waals surface area contributed by atoms with E-state index >= 15 is 0 Å². The van der Waals surface area contributed by atoms with Crippen LogP contribution in [0.25, 0.3) is 39.5 Å². The molecule has 0 spiro atoms. The molecule has 0 bridgehead atoms.